The first kappa shape index (κ1) is 16.3. The van der Waals surface area contributed by atoms with Crippen molar-refractivity contribution in [2.45, 2.75) is 25.3 Å². The van der Waals surface area contributed by atoms with Gasteiger partial charge in [-0.15, -0.1) is 11.3 Å². The number of fused-ring (bicyclic) bond motifs is 1. The summed E-state index contributed by atoms with van der Waals surface area (Å²) in [5, 5.41) is 6.82. The summed E-state index contributed by atoms with van der Waals surface area (Å²) in [4.78, 5) is 18.3. The molecule has 0 aromatic carbocycles. The number of hydrogen-bond acceptors (Lipinski definition) is 7. The van der Waals surface area contributed by atoms with E-state index in [9.17, 15) is 13.2 Å². The molecule has 1 aliphatic heterocycles. The van der Waals surface area contributed by atoms with E-state index in [1.165, 1.54) is 22.3 Å². The summed E-state index contributed by atoms with van der Waals surface area (Å²) in [5.74, 6) is -0.0134. The zero-order chi connectivity index (χ0) is 16.6. The van der Waals surface area contributed by atoms with Crippen LogP contribution in [0.25, 0.3) is 0 Å². The van der Waals surface area contributed by atoms with Crippen LogP contribution in [0.15, 0.2) is 16.2 Å². The molecule has 23 heavy (non-hydrogen) atoms. The highest BCUT2D eigenvalue weighted by atomic mass is 32.2. The number of aromatic nitrogens is 3. The fourth-order valence-corrected chi connectivity index (χ4v) is 4.62. The van der Waals surface area contributed by atoms with Crippen molar-refractivity contribution in [3.8, 4) is 0 Å². The van der Waals surface area contributed by atoms with Crippen molar-refractivity contribution in [1.82, 2.24) is 19.7 Å². The Morgan fingerprint density at radius 3 is 2.91 bits per heavy atom. The average molecular weight is 354 g/mol. The van der Waals surface area contributed by atoms with E-state index in [2.05, 4.69) is 15.0 Å². The lowest BCUT2D eigenvalue weighted by Gasteiger charge is -2.27. The SMILES string of the molecule is Cn1nc2c(cc1=O)CN(Cc1csc(CS(C)(=O)=O)n1)CC2. The Morgan fingerprint density at radius 2 is 2.17 bits per heavy atom. The highest BCUT2D eigenvalue weighted by Gasteiger charge is 2.20. The van der Waals surface area contributed by atoms with Gasteiger partial charge in [0.15, 0.2) is 9.84 Å². The van der Waals surface area contributed by atoms with Gasteiger partial charge in [0.2, 0.25) is 0 Å². The lowest BCUT2D eigenvalue weighted by Crippen LogP contribution is -2.34. The van der Waals surface area contributed by atoms with Gasteiger partial charge in [0.05, 0.1) is 11.4 Å². The van der Waals surface area contributed by atoms with Gasteiger partial charge in [-0.2, -0.15) is 5.10 Å². The summed E-state index contributed by atoms with van der Waals surface area (Å²) in [6, 6.07) is 1.64. The van der Waals surface area contributed by atoms with E-state index in [-0.39, 0.29) is 11.3 Å². The Morgan fingerprint density at radius 1 is 1.39 bits per heavy atom. The van der Waals surface area contributed by atoms with E-state index >= 15 is 0 Å². The molecule has 0 saturated carbocycles. The van der Waals surface area contributed by atoms with E-state index in [0.717, 1.165) is 29.9 Å². The van der Waals surface area contributed by atoms with Crippen LogP contribution in [0.4, 0.5) is 0 Å². The second-order valence-corrected chi connectivity index (χ2v) is 8.92. The molecule has 124 valence electrons. The van der Waals surface area contributed by atoms with Crippen LogP contribution in [-0.2, 0) is 42.1 Å². The average Bonchev–Trinajstić information content (AvgIpc) is 2.85. The molecule has 0 fully saturated rings. The molecule has 0 amide bonds. The van der Waals surface area contributed by atoms with Gasteiger partial charge >= 0.3 is 0 Å². The maximum absolute atomic E-state index is 11.7. The van der Waals surface area contributed by atoms with Crippen LogP contribution in [-0.4, -0.2) is 40.9 Å². The molecule has 9 heteroatoms. The molecule has 0 bridgehead atoms. The summed E-state index contributed by atoms with van der Waals surface area (Å²) >= 11 is 1.37. The van der Waals surface area contributed by atoms with Crippen molar-refractivity contribution in [2.24, 2.45) is 7.05 Å². The van der Waals surface area contributed by atoms with Gasteiger partial charge < -0.3 is 0 Å². The standard InChI is InChI=1S/C14H18N4O3S2/c1-17-14(19)5-10-6-18(4-3-12(10)16-17)7-11-8-22-13(15-11)9-23(2,20)21/h5,8H,3-4,6-7,9H2,1-2H3. The highest BCUT2D eigenvalue weighted by molar-refractivity contribution is 7.90. The Hall–Kier alpha value is -1.58. The van der Waals surface area contributed by atoms with Gasteiger partial charge in [0.25, 0.3) is 5.56 Å². The Kier molecular flexibility index (Phi) is 4.35. The smallest absolute Gasteiger partial charge is 0.266 e. The van der Waals surface area contributed by atoms with Crippen molar-refractivity contribution >= 4 is 21.2 Å². The van der Waals surface area contributed by atoms with Crippen LogP contribution in [0.5, 0.6) is 0 Å². The lowest BCUT2D eigenvalue weighted by atomic mass is 10.1. The molecular weight excluding hydrogens is 336 g/mol. The maximum atomic E-state index is 11.7. The predicted octanol–water partition coefficient (Wildman–Crippen LogP) is 0.340. The number of aryl methyl sites for hydroxylation is 1. The van der Waals surface area contributed by atoms with Crippen molar-refractivity contribution in [2.75, 3.05) is 12.8 Å². The largest absolute Gasteiger partial charge is 0.293 e. The molecule has 0 spiro atoms. The first-order valence-electron chi connectivity index (χ1n) is 7.19. The second kappa shape index (κ2) is 6.14. The molecule has 0 unspecified atom stereocenters. The molecule has 2 aromatic rings. The van der Waals surface area contributed by atoms with Gasteiger partial charge in [-0.1, -0.05) is 0 Å². The van der Waals surface area contributed by atoms with Crippen LogP contribution < -0.4 is 5.56 Å². The Bertz CT molecular complexity index is 886. The van der Waals surface area contributed by atoms with Crippen LogP contribution >= 0.6 is 11.3 Å². The molecular formula is C14H18N4O3S2. The van der Waals surface area contributed by atoms with Gasteiger partial charge in [0, 0.05) is 50.8 Å². The van der Waals surface area contributed by atoms with Gasteiger partial charge in [-0.05, 0) is 5.56 Å². The minimum Gasteiger partial charge on any atom is -0.293 e. The van der Waals surface area contributed by atoms with E-state index in [1.54, 1.807) is 13.1 Å². The maximum Gasteiger partial charge on any atom is 0.266 e. The van der Waals surface area contributed by atoms with Crippen LogP contribution in [0.2, 0.25) is 0 Å². The topological polar surface area (TPSA) is 85.2 Å². The zero-order valence-corrected chi connectivity index (χ0v) is 14.7. The summed E-state index contributed by atoms with van der Waals surface area (Å²) in [6.45, 7) is 2.16. The number of rotatable bonds is 4. The molecule has 0 radical (unpaired) electrons. The molecule has 0 N–H and O–H groups in total. The minimum absolute atomic E-state index is 0.0134. The monoisotopic (exact) mass is 354 g/mol. The molecule has 3 rings (SSSR count). The van der Waals surface area contributed by atoms with Gasteiger partial charge in [0.1, 0.15) is 10.8 Å². The van der Waals surface area contributed by atoms with Crippen LogP contribution in [0.1, 0.15) is 22.0 Å². The van der Waals surface area contributed by atoms with Gasteiger partial charge in [-0.3, -0.25) is 9.69 Å². The summed E-state index contributed by atoms with van der Waals surface area (Å²) in [5.41, 5.74) is 2.70. The number of thiazole rings is 1. The van der Waals surface area contributed by atoms with Crippen molar-refractivity contribution in [1.29, 1.82) is 0 Å². The summed E-state index contributed by atoms with van der Waals surface area (Å²) in [7, 11) is -1.40. The molecule has 3 heterocycles. The molecule has 7 nitrogen and oxygen atoms in total. The quantitative estimate of drug-likeness (QED) is 0.787. The fraction of sp³-hybridized carbons (Fsp3) is 0.500. The normalized spacial score (nSPS) is 15.6. The number of sulfone groups is 1. The van der Waals surface area contributed by atoms with E-state index in [0.29, 0.717) is 18.1 Å². The Balaban J connectivity index is 1.70. The lowest BCUT2D eigenvalue weighted by molar-refractivity contribution is 0.239. The summed E-state index contributed by atoms with van der Waals surface area (Å²) < 4.78 is 24.0. The zero-order valence-electron chi connectivity index (χ0n) is 13.0. The molecule has 0 atom stereocenters. The van der Waals surface area contributed by atoms with Crippen LogP contribution in [0.3, 0.4) is 0 Å². The van der Waals surface area contributed by atoms with Crippen molar-refractivity contribution in [3.63, 3.8) is 0 Å². The van der Waals surface area contributed by atoms with Crippen molar-refractivity contribution in [3.05, 3.63) is 43.8 Å². The number of nitrogens with zero attached hydrogens (tertiary/aromatic N) is 4. The van der Waals surface area contributed by atoms with Crippen molar-refractivity contribution < 1.29 is 8.42 Å². The highest BCUT2D eigenvalue weighted by Crippen LogP contribution is 2.19. The second-order valence-electron chi connectivity index (χ2n) is 5.84. The predicted molar refractivity (Wildman–Crippen MR) is 88.0 cm³/mol. The minimum atomic E-state index is -3.06. The van der Waals surface area contributed by atoms with Crippen LogP contribution in [0, 0.1) is 0 Å². The third-order valence-corrected chi connectivity index (χ3v) is 5.57. The third kappa shape index (κ3) is 4.04. The fourth-order valence-electron chi connectivity index (χ4n) is 2.63. The number of hydrogen-bond donors (Lipinski definition) is 0. The first-order chi connectivity index (χ1) is 10.8. The first-order valence-corrected chi connectivity index (χ1v) is 10.1. The molecule has 1 aliphatic rings. The third-order valence-electron chi connectivity index (χ3n) is 3.69. The summed E-state index contributed by atoms with van der Waals surface area (Å²) in [6.07, 6.45) is 2.01. The Labute approximate surface area is 138 Å². The molecule has 0 aliphatic carbocycles. The van der Waals surface area contributed by atoms with E-state index in [4.69, 9.17) is 0 Å². The molecule has 2 aromatic heterocycles. The van der Waals surface area contributed by atoms with Gasteiger partial charge in [-0.25, -0.2) is 18.1 Å². The van der Waals surface area contributed by atoms with E-state index < -0.39 is 9.84 Å². The molecule has 0 saturated heterocycles. The van der Waals surface area contributed by atoms with E-state index in [1.807, 2.05) is 5.38 Å².